The van der Waals surface area contributed by atoms with Crippen molar-refractivity contribution in [2.45, 2.75) is 32.2 Å². The van der Waals surface area contributed by atoms with E-state index in [1.54, 1.807) is 0 Å². The molecule has 0 spiro atoms. The number of piperidine rings is 1. The van der Waals surface area contributed by atoms with Crippen molar-refractivity contribution in [3.63, 3.8) is 0 Å². The topological polar surface area (TPSA) is 41.6 Å². The highest BCUT2D eigenvalue weighted by Gasteiger charge is 2.21. The van der Waals surface area contributed by atoms with Gasteiger partial charge in [0.2, 0.25) is 5.91 Å². The van der Waals surface area contributed by atoms with Crippen molar-refractivity contribution in [3.8, 4) is 5.75 Å². The molecule has 2 aliphatic heterocycles. The van der Waals surface area contributed by atoms with Crippen LogP contribution in [0.2, 0.25) is 0 Å². The van der Waals surface area contributed by atoms with E-state index >= 15 is 0 Å². The molecule has 138 valence electrons. The number of hydrogen-bond donors (Lipinski definition) is 1. The smallest absolute Gasteiger partial charge is 0.224 e. The number of ether oxygens (including phenoxy) is 1. The van der Waals surface area contributed by atoms with Crippen molar-refractivity contribution in [2.24, 2.45) is 5.92 Å². The Kier molecular flexibility index (Phi) is 5.56. The molecule has 1 saturated heterocycles. The first-order valence-corrected chi connectivity index (χ1v) is 10.4. The molecule has 2 aliphatic rings. The molecule has 1 fully saturated rings. The molecule has 0 radical (unpaired) electrons. The summed E-state index contributed by atoms with van der Waals surface area (Å²) in [6.45, 7) is 4.83. The molecule has 26 heavy (non-hydrogen) atoms. The van der Waals surface area contributed by atoms with E-state index in [1.165, 1.54) is 29.8 Å². The molecule has 1 aromatic heterocycles. The van der Waals surface area contributed by atoms with Crippen LogP contribution in [0.25, 0.3) is 0 Å². The highest BCUT2D eigenvalue weighted by Crippen LogP contribution is 2.26. The number of hydrogen-bond acceptors (Lipinski definition) is 4. The Morgan fingerprint density at radius 1 is 1.35 bits per heavy atom. The Hall–Kier alpha value is -1.85. The molecule has 2 aromatic rings. The molecule has 0 unspecified atom stereocenters. The van der Waals surface area contributed by atoms with E-state index in [4.69, 9.17) is 4.74 Å². The first-order chi connectivity index (χ1) is 12.8. The molecule has 1 N–H and O–H groups in total. The van der Waals surface area contributed by atoms with Crippen LogP contribution in [-0.4, -0.2) is 37.0 Å². The average molecular weight is 371 g/mol. The second kappa shape index (κ2) is 8.23. The van der Waals surface area contributed by atoms with Crippen molar-refractivity contribution < 1.29 is 9.53 Å². The quantitative estimate of drug-likeness (QED) is 0.849. The Bertz CT molecular complexity index is 744. The van der Waals surface area contributed by atoms with Crippen LogP contribution < -0.4 is 10.1 Å². The number of fused-ring (bicyclic) bond motifs is 1. The molecule has 1 aromatic carbocycles. The maximum absolute atomic E-state index is 12.3. The number of carbonyl (C=O) groups excluding carboxylic acids is 1. The second-order valence-electron chi connectivity index (χ2n) is 7.34. The SMILES string of the molecule is O=C(Cc1ccc2c(c1)CCO2)NC[C@@H]1CCCN(Cc2cccs2)C1. The molecule has 3 heterocycles. The highest BCUT2D eigenvalue weighted by atomic mass is 32.1. The lowest BCUT2D eigenvalue weighted by molar-refractivity contribution is -0.120. The molecule has 0 saturated carbocycles. The van der Waals surface area contributed by atoms with Gasteiger partial charge in [0, 0.05) is 30.9 Å². The molecule has 0 aliphatic carbocycles. The zero-order valence-electron chi connectivity index (χ0n) is 15.1. The number of rotatable bonds is 6. The van der Waals surface area contributed by atoms with Crippen molar-refractivity contribution in [2.75, 3.05) is 26.2 Å². The third-order valence-corrected chi connectivity index (χ3v) is 6.13. The minimum atomic E-state index is 0.124. The van der Waals surface area contributed by atoms with Crippen molar-refractivity contribution in [1.29, 1.82) is 0 Å². The molecule has 1 atom stereocenters. The fourth-order valence-corrected chi connectivity index (χ4v) is 4.69. The van der Waals surface area contributed by atoms with Gasteiger partial charge in [-0.25, -0.2) is 0 Å². The Morgan fingerprint density at radius 2 is 2.31 bits per heavy atom. The molecular weight excluding hydrogens is 344 g/mol. The molecule has 1 amide bonds. The Labute approximate surface area is 159 Å². The summed E-state index contributed by atoms with van der Waals surface area (Å²) >= 11 is 1.83. The molecule has 4 rings (SSSR count). The summed E-state index contributed by atoms with van der Waals surface area (Å²) in [5, 5.41) is 5.29. The lowest BCUT2D eigenvalue weighted by Gasteiger charge is -2.32. The van der Waals surface area contributed by atoms with Crippen LogP contribution in [0, 0.1) is 5.92 Å². The average Bonchev–Trinajstić information content (AvgIpc) is 3.31. The van der Waals surface area contributed by atoms with Gasteiger partial charge in [-0.3, -0.25) is 9.69 Å². The first kappa shape index (κ1) is 17.6. The Morgan fingerprint density at radius 3 is 3.19 bits per heavy atom. The zero-order chi connectivity index (χ0) is 17.8. The van der Waals surface area contributed by atoms with Gasteiger partial charge in [-0.05, 0) is 53.9 Å². The minimum Gasteiger partial charge on any atom is -0.493 e. The van der Waals surface area contributed by atoms with E-state index in [9.17, 15) is 4.79 Å². The number of carbonyl (C=O) groups is 1. The van der Waals surface area contributed by atoms with Crippen LogP contribution in [0.5, 0.6) is 5.75 Å². The normalized spacial score (nSPS) is 19.8. The molecule has 0 bridgehead atoms. The lowest BCUT2D eigenvalue weighted by Crippen LogP contribution is -2.40. The van der Waals surface area contributed by atoms with Gasteiger partial charge in [0.15, 0.2) is 0 Å². The number of nitrogens with zero attached hydrogens (tertiary/aromatic N) is 1. The van der Waals surface area contributed by atoms with Gasteiger partial charge >= 0.3 is 0 Å². The highest BCUT2D eigenvalue weighted by molar-refractivity contribution is 7.09. The maximum atomic E-state index is 12.3. The van der Waals surface area contributed by atoms with E-state index in [0.717, 1.165) is 44.0 Å². The predicted octanol–water partition coefficient (Wildman–Crippen LogP) is 3.25. The van der Waals surface area contributed by atoms with E-state index in [0.29, 0.717) is 12.3 Å². The molecule has 5 heteroatoms. The molecular formula is C21H26N2O2S. The summed E-state index contributed by atoms with van der Waals surface area (Å²) in [5.74, 6) is 1.66. The van der Waals surface area contributed by atoms with E-state index in [-0.39, 0.29) is 5.91 Å². The van der Waals surface area contributed by atoms with Gasteiger partial charge in [0.25, 0.3) is 0 Å². The first-order valence-electron chi connectivity index (χ1n) is 9.52. The van der Waals surface area contributed by atoms with Crippen molar-refractivity contribution >= 4 is 17.2 Å². The lowest BCUT2D eigenvalue weighted by atomic mass is 9.97. The largest absolute Gasteiger partial charge is 0.493 e. The van der Waals surface area contributed by atoms with E-state index in [2.05, 4.69) is 33.8 Å². The number of amides is 1. The number of nitrogens with one attached hydrogen (secondary N) is 1. The van der Waals surface area contributed by atoms with Gasteiger partial charge in [-0.15, -0.1) is 11.3 Å². The van der Waals surface area contributed by atoms with Crippen LogP contribution in [0.4, 0.5) is 0 Å². The maximum Gasteiger partial charge on any atom is 0.224 e. The summed E-state index contributed by atoms with van der Waals surface area (Å²) in [6.07, 6.45) is 3.83. The van der Waals surface area contributed by atoms with Gasteiger partial charge in [0.1, 0.15) is 5.75 Å². The predicted molar refractivity (Wildman–Crippen MR) is 105 cm³/mol. The van der Waals surface area contributed by atoms with Crippen LogP contribution in [0.1, 0.15) is 28.8 Å². The van der Waals surface area contributed by atoms with Crippen LogP contribution in [0.3, 0.4) is 0 Å². The number of thiophene rings is 1. The third-order valence-electron chi connectivity index (χ3n) is 5.27. The fraction of sp³-hybridized carbons (Fsp3) is 0.476. The number of benzene rings is 1. The minimum absolute atomic E-state index is 0.124. The summed E-state index contributed by atoms with van der Waals surface area (Å²) in [7, 11) is 0. The second-order valence-corrected chi connectivity index (χ2v) is 8.38. The molecule has 4 nitrogen and oxygen atoms in total. The van der Waals surface area contributed by atoms with Crippen LogP contribution >= 0.6 is 11.3 Å². The summed E-state index contributed by atoms with van der Waals surface area (Å²) < 4.78 is 5.53. The summed E-state index contributed by atoms with van der Waals surface area (Å²) in [5.41, 5.74) is 2.31. The van der Waals surface area contributed by atoms with Crippen molar-refractivity contribution in [3.05, 3.63) is 51.7 Å². The van der Waals surface area contributed by atoms with Gasteiger partial charge in [-0.2, -0.15) is 0 Å². The van der Waals surface area contributed by atoms with Gasteiger partial charge in [0.05, 0.1) is 13.0 Å². The van der Waals surface area contributed by atoms with Crippen LogP contribution in [-0.2, 0) is 24.2 Å². The van der Waals surface area contributed by atoms with Gasteiger partial charge < -0.3 is 10.1 Å². The third kappa shape index (κ3) is 4.46. The summed E-state index contributed by atoms with van der Waals surface area (Å²) in [6, 6.07) is 10.4. The van der Waals surface area contributed by atoms with Crippen LogP contribution in [0.15, 0.2) is 35.7 Å². The fourth-order valence-electron chi connectivity index (χ4n) is 3.94. The number of likely N-dealkylation sites (tertiary alicyclic amines) is 1. The standard InChI is InChI=1S/C21H26N2O2S/c24-21(12-16-5-6-20-18(11-16)7-9-25-20)22-13-17-3-1-8-23(14-17)15-19-4-2-10-26-19/h2,4-6,10-11,17H,1,3,7-9,12-15H2,(H,22,24)/t17-/m0/s1. The van der Waals surface area contributed by atoms with Crippen molar-refractivity contribution in [1.82, 2.24) is 10.2 Å². The summed E-state index contributed by atoms with van der Waals surface area (Å²) in [4.78, 5) is 16.3. The Balaban J connectivity index is 1.23. The van der Waals surface area contributed by atoms with Gasteiger partial charge in [-0.1, -0.05) is 18.2 Å². The van der Waals surface area contributed by atoms with E-state index in [1.807, 2.05) is 23.5 Å². The zero-order valence-corrected chi connectivity index (χ0v) is 15.9. The monoisotopic (exact) mass is 370 g/mol. The van der Waals surface area contributed by atoms with E-state index < -0.39 is 0 Å².